The lowest BCUT2D eigenvalue weighted by Crippen LogP contribution is -2.31. The second kappa shape index (κ2) is 7.18. The second-order valence-corrected chi connectivity index (χ2v) is 6.86. The Hall–Kier alpha value is -4.31. The minimum atomic E-state index is -4.53. The summed E-state index contributed by atoms with van der Waals surface area (Å²) in [5.74, 6) is 0.185. The van der Waals surface area contributed by atoms with Crippen LogP contribution >= 0.6 is 0 Å². The third-order valence-corrected chi connectivity index (χ3v) is 5.07. The predicted molar refractivity (Wildman–Crippen MR) is 106 cm³/mol. The first kappa shape index (κ1) is 20.0. The van der Waals surface area contributed by atoms with Gasteiger partial charge in [0.25, 0.3) is 0 Å². The number of aromatic nitrogens is 3. The van der Waals surface area contributed by atoms with E-state index in [0.717, 1.165) is 12.1 Å². The van der Waals surface area contributed by atoms with E-state index in [9.17, 15) is 18.4 Å². The van der Waals surface area contributed by atoms with Crippen LogP contribution in [-0.4, -0.2) is 14.8 Å². The summed E-state index contributed by atoms with van der Waals surface area (Å²) in [4.78, 5) is 1.43. The third kappa shape index (κ3) is 3.24. The van der Waals surface area contributed by atoms with Crippen LogP contribution < -0.4 is 10.6 Å². The van der Waals surface area contributed by atoms with Crippen molar-refractivity contribution in [1.82, 2.24) is 14.8 Å². The van der Waals surface area contributed by atoms with Crippen LogP contribution in [0.3, 0.4) is 0 Å². The van der Waals surface area contributed by atoms with Crippen LogP contribution in [0.5, 0.6) is 0 Å². The van der Waals surface area contributed by atoms with Crippen molar-refractivity contribution in [3.63, 3.8) is 0 Å². The molecule has 1 atom stereocenters. The molecule has 1 aromatic heterocycles. The first-order chi connectivity index (χ1) is 14.8. The van der Waals surface area contributed by atoms with Gasteiger partial charge in [0.1, 0.15) is 6.04 Å². The molecule has 3 aromatic rings. The molecule has 1 aliphatic rings. The summed E-state index contributed by atoms with van der Waals surface area (Å²) in [6.45, 7) is 1.63. The largest absolute Gasteiger partial charge is 0.416 e. The van der Waals surface area contributed by atoms with Crippen LogP contribution in [0.15, 0.2) is 59.8 Å². The highest BCUT2D eigenvalue weighted by Crippen LogP contribution is 2.44. The number of allylic oxidation sites excluding steroid dienone is 2. The van der Waals surface area contributed by atoms with Gasteiger partial charge in [-0.1, -0.05) is 18.2 Å². The molecule has 0 amide bonds. The van der Waals surface area contributed by atoms with Crippen molar-refractivity contribution in [2.45, 2.75) is 19.1 Å². The van der Waals surface area contributed by atoms with E-state index in [1.165, 1.54) is 21.6 Å². The van der Waals surface area contributed by atoms with E-state index in [1.807, 2.05) is 6.07 Å². The Labute approximate surface area is 175 Å². The number of benzene rings is 2. The molecular formula is C21H14F3N7. The quantitative estimate of drug-likeness (QED) is 0.661. The van der Waals surface area contributed by atoms with Gasteiger partial charge in [0.05, 0.1) is 28.8 Å². The topological polar surface area (TPSA) is 108 Å². The van der Waals surface area contributed by atoms with Crippen LogP contribution in [0.25, 0.3) is 0 Å². The Balaban J connectivity index is 1.93. The molecular weight excluding hydrogens is 407 g/mol. The molecule has 10 heteroatoms. The standard InChI is InChI=1S/C21H14F3N7/c1-12-17(11-26)18(14-7-5-13(10-25)6-8-14)31-19(27)28-29-20(31)30(12)16-4-2-3-15(9-16)21(22,23)24/h2-9,18H,1H3,(H2,27,28). The van der Waals surface area contributed by atoms with E-state index in [2.05, 4.69) is 16.3 Å². The fourth-order valence-electron chi connectivity index (χ4n) is 3.62. The van der Waals surface area contributed by atoms with Gasteiger partial charge in [-0.3, -0.25) is 9.47 Å². The lowest BCUT2D eigenvalue weighted by molar-refractivity contribution is -0.137. The lowest BCUT2D eigenvalue weighted by Gasteiger charge is -2.35. The monoisotopic (exact) mass is 421 g/mol. The fourth-order valence-corrected chi connectivity index (χ4v) is 3.62. The number of rotatable bonds is 2. The van der Waals surface area contributed by atoms with Crippen molar-refractivity contribution >= 4 is 17.6 Å². The number of nitrogens with zero attached hydrogens (tertiary/aromatic N) is 6. The number of nitriles is 2. The number of hydrogen-bond donors (Lipinski definition) is 1. The average molecular weight is 421 g/mol. The molecule has 31 heavy (non-hydrogen) atoms. The Morgan fingerprint density at radius 3 is 2.35 bits per heavy atom. The zero-order valence-corrected chi connectivity index (χ0v) is 16.1. The molecule has 2 aromatic carbocycles. The maximum Gasteiger partial charge on any atom is 0.416 e. The van der Waals surface area contributed by atoms with Crippen LogP contribution in [0.1, 0.15) is 29.7 Å². The van der Waals surface area contributed by atoms with Crippen molar-refractivity contribution in [3.05, 3.63) is 76.5 Å². The summed E-state index contributed by atoms with van der Waals surface area (Å²) in [7, 11) is 0. The van der Waals surface area contributed by atoms with Crippen LogP contribution in [0, 0.1) is 22.7 Å². The van der Waals surface area contributed by atoms with Crippen molar-refractivity contribution in [2.75, 3.05) is 10.6 Å². The number of alkyl halides is 3. The Morgan fingerprint density at radius 1 is 1.03 bits per heavy atom. The first-order valence-electron chi connectivity index (χ1n) is 9.05. The van der Waals surface area contributed by atoms with Gasteiger partial charge in [0.2, 0.25) is 11.9 Å². The highest BCUT2D eigenvalue weighted by atomic mass is 19.4. The summed E-state index contributed by atoms with van der Waals surface area (Å²) in [5.41, 5.74) is 7.16. The number of nitrogens with two attached hydrogens (primary N) is 1. The van der Waals surface area contributed by atoms with E-state index in [-0.39, 0.29) is 23.2 Å². The van der Waals surface area contributed by atoms with Gasteiger partial charge in [-0.2, -0.15) is 23.7 Å². The molecule has 2 N–H and O–H groups in total. The molecule has 0 spiro atoms. The summed E-state index contributed by atoms with van der Waals surface area (Å²) in [6.07, 6.45) is -4.53. The number of anilines is 3. The van der Waals surface area contributed by atoms with E-state index in [1.54, 1.807) is 31.2 Å². The van der Waals surface area contributed by atoms with Crippen LogP contribution in [0.2, 0.25) is 0 Å². The van der Waals surface area contributed by atoms with Gasteiger partial charge in [-0.15, -0.1) is 10.2 Å². The maximum atomic E-state index is 13.3. The van der Waals surface area contributed by atoms with Crippen LogP contribution in [0.4, 0.5) is 30.8 Å². The predicted octanol–water partition coefficient (Wildman–Crippen LogP) is 4.29. The van der Waals surface area contributed by atoms with Gasteiger partial charge in [0, 0.05) is 11.4 Å². The molecule has 0 saturated heterocycles. The average Bonchev–Trinajstić information content (AvgIpc) is 3.13. The second-order valence-electron chi connectivity index (χ2n) is 6.86. The summed E-state index contributed by atoms with van der Waals surface area (Å²) < 4.78 is 41.3. The smallest absolute Gasteiger partial charge is 0.368 e. The lowest BCUT2D eigenvalue weighted by atomic mass is 9.94. The van der Waals surface area contributed by atoms with Crippen molar-refractivity contribution in [1.29, 1.82) is 10.5 Å². The zero-order valence-electron chi connectivity index (χ0n) is 16.1. The minimum absolute atomic E-state index is 0.00147. The molecule has 0 radical (unpaired) electrons. The van der Waals surface area contributed by atoms with E-state index < -0.39 is 17.8 Å². The summed E-state index contributed by atoms with van der Waals surface area (Å²) in [5, 5.41) is 26.9. The zero-order chi connectivity index (χ0) is 22.3. The SMILES string of the molecule is CC1=C(C#N)C(c2ccc(C#N)cc2)n2c(N)nnc2N1c1cccc(C(F)(F)F)c1. The number of halogens is 3. The fraction of sp³-hybridized carbons (Fsp3) is 0.143. The molecule has 0 saturated carbocycles. The Morgan fingerprint density at radius 2 is 1.74 bits per heavy atom. The van der Waals surface area contributed by atoms with E-state index >= 15 is 0 Å². The molecule has 0 bridgehead atoms. The van der Waals surface area contributed by atoms with Crippen molar-refractivity contribution < 1.29 is 13.2 Å². The third-order valence-electron chi connectivity index (χ3n) is 5.07. The van der Waals surface area contributed by atoms with E-state index in [4.69, 9.17) is 11.0 Å². The molecule has 7 nitrogen and oxygen atoms in total. The molecule has 2 heterocycles. The highest BCUT2D eigenvalue weighted by Gasteiger charge is 2.37. The van der Waals surface area contributed by atoms with Crippen molar-refractivity contribution in [2.24, 2.45) is 0 Å². The normalized spacial score (nSPS) is 15.9. The van der Waals surface area contributed by atoms with Gasteiger partial charge >= 0.3 is 6.18 Å². The number of hydrogen-bond acceptors (Lipinski definition) is 6. The van der Waals surface area contributed by atoms with Gasteiger partial charge in [-0.25, -0.2) is 0 Å². The van der Waals surface area contributed by atoms with E-state index in [0.29, 0.717) is 16.8 Å². The number of nitrogen functional groups attached to an aromatic ring is 1. The van der Waals surface area contributed by atoms with Gasteiger partial charge < -0.3 is 5.73 Å². The minimum Gasteiger partial charge on any atom is -0.368 e. The Kier molecular flexibility index (Phi) is 4.63. The molecule has 1 unspecified atom stereocenters. The molecule has 4 rings (SSSR count). The molecule has 1 aliphatic heterocycles. The molecule has 0 aliphatic carbocycles. The van der Waals surface area contributed by atoms with Crippen LogP contribution in [-0.2, 0) is 6.18 Å². The highest BCUT2D eigenvalue weighted by molar-refractivity contribution is 5.70. The number of fused-ring (bicyclic) bond motifs is 1. The van der Waals surface area contributed by atoms with Gasteiger partial charge in [-0.05, 0) is 42.8 Å². The first-order valence-corrected chi connectivity index (χ1v) is 9.05. The summed E-state index contributed by atoms with van der Waals surface area (Å²) in [6, 6.07) is 14.8. The Bertz CT molecular complexity index is 1270. The van der Waals surface area contributed by atoms with Crippen molar-refractivity contribution in [3.8, 4) is 12.1 Å². The van der Waals surface area contributed by atoms with Gasteiger partial charge in [0.15, 0.2) is 0 Å². The molecule has 0 fully saturated rings. The molecule has 154 valence electrons. The maximum absolute atomic E-state index is 13.3. The summed E-state index contributed by atoms with van der Waals surface area (Å²) >= 11 is 0.